The Bertz CT molecular complexity index is 414. The van der Waals surface area contributed by atoms with Gasteiger partial charge in [-0.2, -0.15) is 0 Å². The van der Waals surface area contributed by atoms with Gasteiger partial charge in [0, 0.05) is 6.42 Å². The summed E-state index contributed by atoms with van der Waals surface area (Å²) in [6.45, 7) is 0. The van der Waals surface area contributed by atoms with Gasteiger partial charge in [-0.05, 0) is 12.1 Å². The lowest BCUT2D eigenvalue weighted by Crippen LogP contribution is -2.33. The van der Waals surface area contributed by atoms with Gasteiger partial charge in [-0.1, -0.05) is 6.07 Å². The predicted octanol–water partition coefficient (Wildman–Crippen LogP) is 0.950. The van der Waals surface area contributed by atoms with Gasteiger partial charge >= 0.3 is 5.97 Å². The molecule has 0 aliphatic rings. The van der Waals surface area contributed by atoms with Crippen LogP contribution in [-0.2, 0) is 4.79 Å². The summed E-state index contributed by atoms with van der Waals surface area (Å²) in [7, 11) is 0. The van der Waals surface area contributed by atoms with E-state index in [1.54, 1.807) is 0 Å². The van der Waals surface area contributed by atoms with E-state index in [-0.39, 0.29) is 0 Å². The van der Waals surface area contributed by atoms with Crippen molar-refractivity contribution >= 4 is 11.8 Å². The molecule has 1 rings (SSSR count). The Kier molecular flexibility index (Phi) is 3.68. The number of nitrogens with two attached hydrogens (primary N) is 1. The topological polar surface area (TPSA) is 80.4 Å². The number of carbonyl (C=O) groups is 2. The van der Waals surface area contributed by atoms with E-state index in [9.17, 15) is 18.4 Å². The minimum Gasteiger partial charge on any atom is -0.480 e. The third-order valence-corrected chi connectivity index (χ3v) is 1.96. The summed E-state index contributed by atoms with van der Waals surface area (Å²) in [5.74, 6) is -4.42. The molecule has 0 saturated carbocycles. The van der Waals surface area contributed by atoms with E-state index >= 15 is 0 Å². The molecule has 6 heteroatoms. The fourth-order valence-corrected chi connectivity index (χ4v) is 1.15. The lowest BCUT2D eigenvalue weighted by atomic mass is 10.0. The van der Waals surface area contributed by atoms with E-state index in [1.807, 2.05) is 0 Å². The Balaban J connectivity index is 2.93. The van der Waals surface area contributed by atoms with Crippen LogP contribution in [0.2, 0.25) is 0 Å². The molecule has 0 amide bonds. The smallest absolute Gasteiger partial charge is 0.320 e. The van der Waals surface area contributed by atoms with Crippen LogP contribution in [0.1, 0.15) is 16.8 Å². The van der Waals surface area contributed by atoms with Gasteiger partial charge in [0.1, 0.15) is 17.7 Å². The molecule has 0 spiro atoms. The first-order valence-corrected chi connectivity index (χ1v) is 4.39. The number of halogens is 2. The quantitative estimate of drug-likeness (QED) is 0.753. The monoisotopic (exact) mass is 229 g/mol. The number of carboxylic acids is 1. The molecule has 1 atom stereocenters. The van der Waals surface area contributed by atoms with Crippen LogP contribution < -0.4 is 5.73 Å². The van der Waals surface area contributed by atoms with Crippen LogP contribution in [0, 0.1) is 11.6 Å². The summed E-state index contributed by atoms with van der Waals surface area (Å²) in [5, 5.41) is 8.45. The van der Waals surface area contributed by atoms with Gasteiger partial charge in [0.2, 0.25) is 0 Å². The summed E-state index contributed by atoms with van der Waals surface area (Å²) in [6, 6.07) is 1.48. The van der Waals surface area contributed by atoms with Crippen LogP contribution in [0.5, 0.6) is 0 Å². The molecule has 0 aliphatic heterocycles. The standard InChI is InChI=1S/C10H9F2NO3/c11-5-2-1-3-6(12)9(5)8(14)4-7(13)10(15)16/h1-3,7H,4,13H2,(H,15,16)/t7-/m0/s1. The van der Waals surface area contributed by atoms with Gasteiger partial charge in [0.15, 0.2) is 5.78 Å². The van der Waals surface area contributed by atoms with Crippen LogP contribution in [-0.4, -0.2) is 22.9 Å². The normalized spacial score (nSPS) is 12.2. The van der Waals surface area contributed by atoms with Gasteiger partial charge in [0.05, 0.1) is 5.56 Å². The average Bonchev–Trinajstić information content (AvgIpc) is 2.16. The van der Waals surface area contributed by atoms with E-state index in [0.29, 0.717) is 0 Å². The van der Waals surface area contributed by atoms with Crippen molar-refractivity contribution < 1.29 is 23.5 Å². The molecule has 0 bridgehead atoms. The van der Waals surface area contributed by atoms with Crippen molar-refractivity contribution in [2.45, 2.75) is 12.5 Å². The maximum atomic E-state index is 13.1. The second-order valence-electron chi connectivity index (χ2n) is 3.17. The summed E-state index contributed by atoms with van der Waals surface area (Å²) in [4.78, 5) is 21.7. The lowest BCUT2D eigenvalue weighted by molar-refractivity contribution is -0.138. The molecule has 16 heavy (non-hydrogen) atoms. The molecule has 0 saturated heterocycles. The fourth-order valence-electron chi connectivity index (χ4n) is 1.15. The first-order chi connectivity index (χ1) is 7.43. The van der Waals surface area contributed by atoms with Crippen LogP contribution >= 0.6 is 0 Å². The zero-order valence-corrected chi connectivity index (χ0v) is 8.11. The van der Waals surface area contributed by atoms with E-state index in [1.165, 1.54) is 0 Å². The molecular weight excluding hydrogens is 220 g/mol. The first-order valence-electron chi connectivity index (χ1n) is 4.39. The van der Waals surface area contributed by atoms with E-state index in [2.05, 4.69) is 0 Å². The maximum absolute atomic E-state index is 13.1. The first kappa shape index (κ1) is 12.3. The van der Waals surface area contributed by atoms with Crippen molar-refractivity contribution in [2.24, 2.45) is 5.73 Å². The van der Waals surface area contributed by atoms with Crippen LogP contribution in [0.3, 0.4) is 0 Å². The molecule has 0 aromatic heterocycles. The van der Waals surface area contributed by atoms with Crippen LogP contribution in [0.4, 0.5) is 8.78 Å². The third kappa shape index (κ3) is 2.60. The van der Waals surface area contributed by atoms with Crippen molar-refractivity contribution in [1.82, 2.24) is 0 Å². The highest BCUT2D eigenvalue weighted by atomic mass is 19.1. The van der Waals surface area contributed by atoms with Gasteiger partial charge in [-0.15, -0.1) is 0 Å². The third-order valence-electron chi connectivity index (χ3n) is 1.96. The summed E-state index contributed by atoms with van der Waals surface area (Å²) in [6.07, 6.45) is -0.646. The molecule has 0 unspecified atom stereocenters. The minimum atomic E-state index is -1.47. The fraction of sp³-hybridized carbons (Fsp3) is 0.200. The molecule has 0 heterocycles. The number of Topliss-reactive ketones (excluding diaryl/α,β-unsaturated/α-hetero) is 1. The number of aliphatic carboxylic acids is 1. The molecule has 0 fully saturated rings. The highest BCUT2D eigenvalue weighted by molar-refractivity contribution is 5.99. The molecule has 0 radical (unpaired) electrons. The van der Waals surface area contributed by atoms with Gasteiger partial charge in [-0.25, -0.2) is 8.78 Å². The average molecular weight is 229 g/mol. The second-order valence-corrected chi connectivity index (χ2v) is 3.17. The van der Waals surface area contributed by atoms with Crippen molar-refractivity contribution in [3.63, 3.8) is 0 Å². The van der Waals surface area contributed by atoms with Crippen molar-refractivity contribution in [3.05, 3.63) is 35.4 Å². The van der Waals surface area contributed by atoms with Gasteiger partial charge in [0.25, 0.3) is 0 Å². The van der Waals surface area contributed by atoms with Crippen molar-refractivity contribution in [3.8, 4) is 0 Å². The zero-order valence-electron chi connectivity index (χ0n) is 8.11. The van der Waals surface area contributed by atoms with E-state index < -0.39 is 41.4 Å². The molecule has 4 nitrogen and oxygen atoms in total. The van der Waals surface area contributed by atoms with Crippen LogP contribution in [0.15, 0.2) is 18.2 Å². The molecule has 86 valence electrons. The van der Waals surface area contributed by atoms with E-state index in [0.717, 1.165) is 18.2 Å². The van der Waals surface area contributed by atoms with Crippen molar-refractivity contribution in [2.75, 3.05) is 0 Å². The minimum absolute atomic E-state index is 0.646. The highest BCUT2D eigenvalue weighted by Gasteiger charge is 2.22. The number of rotatable bonds is 4. The van der Waals surface area contributed by atoms with Gasteiger partial charge < -0.3 is 10.8 Å². The summed E-state index contributed by atoms with van der Waals surface area (Å²) >= 11 is 0. The number of hydrogen-bond acceptors (Lipinski definition) is 3. The molecular formula is C10H9F2NO3. The number of benzene rings is 1. The second kappa shape index (κ2) is 4.80. The molecule has 0 aliphatic carbocycles. The highest BCUT2D eigenvalue weighted by Crippen LogP contribution is 2.14. The number of carboxylic acid groups (broad SMARTS) is 1. The maximum Gasteiger partial charge on any atom is 0.320 e. The molecule has 1 aromatic carbocycles. The van der Waals surface area contributed by atoms with Gasteiger partial charge in [-0.3, -0.25) is 9.59 Å². The summed E-state index contributed by atoms with van der Waals surface area (Å²) in [5.41, 5.74) is 4.34. The summed E-state index contributed by atoms with van der Waals surface area (Å²) < 4.78 is 26.2. The lowest BCUT2D eigenvalue weighted by Gasteiger charge is -2.06. The van der Waals surface area contributed by atoms with Crippen molar-refractivity contribution in [1.29, 1.82) is 0 Å². The zero-order chi connectivity index (χ0) is 12.3. The van der Waals surface area contributed by atoms with E-state index in [4.69, 9.17) is 10.8 Å². The predicted molar refractivity (Wildman–Crippen MR) is 50.9 cm³/mol. The Hall–Kier alpha value is -1.82. The Morgan fingerprint density at radius 3 is 2.25 bits per heavy atom. The molecule has 3 N–H and O–H groups in total. The number of ketones is 1. The Labute approximate surface area is 89.7 Å². The number of carbonyl (C=O) groups excluding carboxylic acids is 1. The molecule has 1 aromatic rings. The van der Waals surface area contributed by atoms with Crippen LogP contribution in [0.25, 0.3) is 0 Å². The number of hydrogen-bond donors (Lipinski definition) is 2. The Morgan fingerprint density at radius 2 is 1.81 bits per heavy atom. The SMILES string of the molecule is N[C@@H](CC(=O)c1c(F)cccc1F)C(=O)O. The largest absolute Gasteiger partial charge is 0.480 e. The Morgan fingerprint density at radius 1 is 1.31 bits per heavy atom.